The Morgan fingerprint density at radius 2 is 1.71 bits per heavy atom. The smallest absolute Gasteiger partial charge is 0.232 e. The summed E-state index contributed by atoms with van der Waals surface area (Å²) in [6.07, 6.45) is 0. The monoisotopic (exact) mass is 198 g/mol. The molecule has 1 aliphatic heterocycles. The number of rotatable bonds is 3. The maximum absolute atomic E-state index is 11.6. The van der Waals surface area contributed by atoms with Gasteiger partial charge in [-0.25, -0.2) is 0 Å². The Bertz CT molecular complexity index is 233. The van der Waals surface area contributed by atoms with Crippen LogP contribution in [0.4, 0.5) is 0 Å². The summed E-state index contributed by atoms with van der Waals surface area (Å²) in [5, 5.41) is 0. The molecule has 2 N–H and O–H groups in total. The number of nitrogens with zero attached hydrogens (tertiary/aromatic N) is 1. The second-order valence-electron chi connectivity index (χ2n) is 4.21. The number of carbonyl (C=O) groups excluding carboxylic acids is 2. The normalized spacial score (nSPS) is 29.9. The highest BCUT2D eigenvalue weighted by Crippen LogP contribution is 2.25. The molecule has 4 nitrogen and oxygen atoms in total. The van der Waals surface area contributed by atoms with Crippen LogP contribution in [0.5, 0.6) is 0 Å². The van der Waals surface area contributed by atoms with Crippen LogP contribution >= 0.6 is 0 Å². The zero-order valence-corrected chi connectivity index (χ0v) is 8.99. The van der Waals surface area contributed by atoms with Gasteiger partial charge < -0.3 is 5.73 Å². The highest BCUT2D eigenvalue weighted by atomic mass is 16.2. The first kappa shape index (κ1) is 11.2. The Balaban J connectivity index is 2.70. The average Bonchev–Trinajstić information content (AvgIpc) is 2.35. The van der Waals surface area contributed by atoms with E-state index >= 15 is 0 Å². The number of likely N-dealkylation sites (tertiary alicyclic amines) is 1. The third kappa shape index (κ3) is 1.80. The lowest BCUT2D eigenvalue weighted by Gasteiger charge is -2.18. The number of carbonyl (C=O) groups is 2. The van der Waals surface area contributed by atoms with Crippen LogP contribution in [-0.4, -0.2) is 29.8 Å². The third-order valence-corrected chi connectivity index (χ3v) is 2.96. The van der Waals surface area contributed by atoms with Crippen LogP contribution in [-0.2, 0) is 9.59 Å². The zero-order valence-electron chi connectivity index (χ0n) is 8.99. The average molecular weight is 198 g/mol. The van der Waals surface area contributed by atoms with Gasteiger partial charge in [-0.1, -0.05) is 20.8 Å². The largest absolute Gasteiger partial charge is 0.330 e. The fraction of sp³-hybridized carbons (Fsp3) is 0.800. The lowest BCUT2D eigenvalue weighted by atomic mass is 10.00. The van der Waals surface area contributed by atoms with Gasteiger partial charge in [-0.2, -0.15) is 0 Å². The van der Waals surface area contributed by atoms with Gasteiger partial charge in [-0.05, 0) is 12.5 Å². The van der Waals surface area contributed by atoms with Crippen LogP contribution in [0.1, 0.15) is 20.8 Å². The van der Waals surface area contributed by atoms with Gasteiger partial charge in [0.2, 0.25) is 11.8 Å². The molecule has 1 aliphatic rings. The molecule has 1 saturated heterocycles. The van der Waals surface area contributed by atoms with Crippen LogP contribution in [0.2, 0.25) is 0 Å². The fourth-order valence-corrected chi connectivity index (χ4v) is 1.59. The summed E-state index contributed by atoms with van der Waals surface area (Å²) in [5.41, 5.74) is 5.46. The van der Waals surface area contributed by atoms with Gasteiger partial charge in [0.05, 0.1) is 0 Å². The maximum Gasteiger partial charge on any atom is 0.232 e. The number of hydrogen-bond acceptors (Lipinski definition) is 3. The maximum atomic E-state index is 11.6. The van der Waals surface area contributed by atoms with Crippen molar-refractivity contribution in [1.82, 2.24) is 4.90 Å². The number of imide groups is 1. The minimum Gasteiger partial charge on any atom is -0.330 e. The molecule has 14 heavy (non-hydrogen) atoms. The number of nitrogens with two attached hydrogens (primary N) is 1. The summed E-state index contributed by atoms with van der Waals surface area (Å²) in [6.45, 7) is 6.51. The van der Waals surface area contributed by atoms with Crippen LogP contribution in [0.3, 0.4) is 0 Å². The molecule has 0 spiro atoms. The third-order valence-electron chi connectivity index (χ3n) is 2.96. The van der Waals surface area contributed by atoms with E-state index in [1.54, 1.807) is 13.8 Å². The molecule has 1 fully saturated rings. The first-order valence-corrected chi connectivity index (χ1v) is 5.04. The Labute approximate surface area is 84.4 Å². The van der Waals surface area contributed by atoms with Crippen molar-refractivity contribution in [3.8, 4) is 0 Å². The summed E-state index contributed by atoms with van der Waals surface area (Å²) in [7, 11) is 0. The van der Waals surface area contributed by atoms with Gasteiger partial charge in [0.1, 0.15) is 0 Å². The molecule has 3 unspecified atom stereocenters. The van der Waals surface area contributed by atoms with Crippen LogP contribution < -0.4 is 5.73 Å². The Morgan fingerprint density at radius 1 is 1.29 bits per heavy atom. The van der Waals surface area contributed by atoms with Gasteiger partial charge in [0, 0.05) is 18.4 Å². The second-order valence-corrected chi connectivity index (χ2v) is 4.21. The van der Waals surface area contributed by atoms with Crippen LogP contribution in [0.25, 0.3) is 0 Å². The van der Waals surface area contributed by atoms with E-state index in [-0.39, 0.29) is 29.6 Å². The van der Waals surface area contributed by atoms with E-state index in [9.17, 15) is 9.59 Å². The zero-order chi connectivity index (χ0) is 10.9. The molecule has 80 valence electrons. The standard InChI is InChI=1S/C10H18N2O2/c1-6(4-11)5-12-9(13)7(2)8(3)10(12)14/h6-8H,4-5,11H2,1-3H3. The molecule has 0 aliphatic carbocycles. The minimum atomic E-state index is -0.174. The van der Waals surface area contributed by atoms with Crippen molar-refractivity contribution in [2.45, 2.75) is 20.8 Å². The molecule has 3 atom stereocenters. The molecule has 4 heteroatoms. The van der Waals surface area contributed by atoms with Crippen molar-refractivity contribution in [2.75, 3.05) is 13.1 Å². The molecule has 2 amide bonds. The van der Waals surface area contributed by atoms with Crippen molar-refractivity contribution in [1.29, 1.82) is 0 Å². The van der Waals surface area contributed by atoms with Crippen molar-refractivity contribution < 1.29 is 9.59 Å². The van der Waals surface area contributed by atoms with E-state index in [1.807, 2.05) is 6.92 Å². The van der Waals surface area contributed by atoms with Crippen molar-refractivity contribution in [3.05, 3.63) is 0 Å². The van der Waals surface area contributed by atoms with Gasteiger partial charge in [0.15, 0.2) is 0 Å². The molecular weight excluding hydrogens is 180 g/mol. The van der Waals surface area contributed by atoms with E-state index in [0.29, 0.717) is 13.1 Å². The summed E-state index contributed by atoms with van der Waals surface area (Å²) >= 11 is 0. The van der Waals surface area contributed by atoms with Crippen molar-refractivity contribution >= 4 is 11.8 Å². The molecule has 0 bridgehead atoms. The highest BCUT2D eigenvalue weighted by molar-refractivity contribution is 6.04. The van der Waals surface area contributed by atoms with Gasteiger partial charge in [0.25, 0.3) is 0 Å². The SMILES string of the molecule is CC(CN)CN1C(=O)C(C)C(C)C1=O. The van der Waals surface area contributed by atoms with Crippen LogP contribution in [0.15, 0.2) is 0 Å². The molecule has 0 aromatic rings. The number of hydrogen-bond donors (Lipinski definition) is 1. The lowest BCUT2D eigenvalue weighted by Crippen LogP contribution is -2.36. The highest BCUT2D eigenvalue weighted by Gasteiger charge is 2.42. The molecule has 1 rings (SSSR count). The predicted octanol–water partition coefficient (Wildman–Crippen LogP) is 0.222. The molecular formula is C10H18N2O2. The second kappa shape index (κ2) is 4.09. The Kier molecular flexibility index (Phi) is 3.26. The quantitative estimate of drug-likeness (QED) is 0.660. The van der Waals surface area contributed by atoms with E-state index in [0.717, 1.165) is 0 Å². The van der Waals surface area contributed by atoms with Crippen LogP contribution in [0, 0.1) is 17.8 Å². The van der Waals surface area contributed by atoms with E-state index in [1.165, 1.54) is 4.90 Å². The lowest BCUT2D eigenvalue weighted by molar-refractivity contribution is -0.140. The van der Waals surface area contributed by atoms with Gasteiger partial charge in [-0.15, -0.1) is 0 Å². The topological polar surface area (TPSA) is 63.4 Å². The predicted molar refractivity (Wildman–Crippen MR) is 53.3 cm³/mol. The molecule has 1 heterocycles. The van der Waals surface area contributed by atoms with Crippen molar-refractivity contribution in [3.63, 3.8) is 0 Å². The van der Waals surface area contributed by atoms with E-state index in [2.05, 4.69) is 0 Å². The molecule has 0 radical (unpaired) electrons. The molecule has 0 aromatic carbocycles. The Hall–Kier alpha value is -0.900. The van der Waals surface area contributed by atoms with Crippen molar-refractivity contribution in [2.24, 2.45) is 23.5 Å². The summed E-state index contributed by atoms with van der Waals surface area (Å²) < 4.78 is 0. The summed E-state index contributed by atoms with van der Waals surface area (Å²) in [5.74, 6) is -0.272. The fourth-order valence-electron chi connectivity index (χ4n) is 1.59. The minimum absolute atomic E-state index is 0.0530. The van der Waals surface area contributed by atoms with Gasteiger partial charge in [-0.3, -0.25) is 14.5 Å². The first-order chi connectivity index (χ1) is 6.49. The molecule has 0 saturated carbocycles. The van der Waals surface area contributed by atoms with E-state index < -0.39 is 0 Å². The first-order valence-electron chi connectivity index (χ1n) is 5.04. The van der Waals surface area contributed by atoms with Gasteiger partial charge >= 0.3 is 0 Å². The number of amides is 2. The molecule has 0 aromatic heterocycles. The summed E-state index contributed by atoms with van der Waals surface area (Å²) in [6, 6.07) is 0. The Morgan fingerprint density at radius 3 is 2.07 bits per heavy atom. The van der Waals surface area contributed by atoms with E-state index in [4.69, 9.17) is 5.73 Å². The summed E-state index contributed by atoms with van der Waals surface area (Å²) in [4.78, 5) is 24.6.